The normalized spacial score (nSPS) is 12.2. The SMILES string of the molecule is CSc1cccc(NS(=O)(=O)c2ccc(F)c(C(F)(F)F)c2)c1. The zero-order valence-electron chi connectivity index (χ0n) is 11.7. The van der Waals surface area contributed by atoms with Crippen LogP contribution < -0.4 is 4.72 Å². The van der Waals surface area contributed by atoms with E-state index in [4.69, 9.17) is 0 Å². The van der Waals surface area contributed by atoms with Crippen molar-refractivity contribution >= 4 is 27.5 Å². The summed E-state index contributed by atoms with van der Waals surface area (Å²) >= 11 is 1.38. The third-order valence-corrected chi connectivity index (χ3v) is 4.98. The van der Waals surface area contributed by atoms with E-state index in [2.05, 4.69) is 4.72 Å². The lowest BCUT2D eigenvalue weighted by atomic mass is 10.2. The lowest BCUT2D eigenvalue weighted by Crippen LogP contribution is -2.15. The molecule has 0 radical (unpaired) electrons. The first-order valence-electron chi connectivity index (χ1n) is 6.17. The average Bonchev–Trinajstić information content (AvgIpc) is 2.46. The van der Waals surface area contributed by atoms with Crippen LogP contribution in [0.25, 0.3) is 0 Å². The first-order chi connectivity index (χ1) is 10.6. The van der Waals surface area contributed by atoms with Crippen LogP contribution in [0.2, 0.25) is 0 Å². The Kier molecular flexibility index (Phi) is 4.90. The molecule has 0 aliphatic carbocycles. The van der Waals surface area contributed by atoms with Gasteiger partial charge < -0.3 is 0 Å². The molecule has 0 saturated heterocycles. The number of thioether (sulfide) groups is 1. The van der Waals surface area contributed by atoms with E-state index >= 15 is 0 Å². The summed E-state index contributed by atoms with van der Waals surface area (Å²) in [6.45, 7) is 0. The minimum Gasteiger partial charge on any atom is -0.280 e. The maximum absolute atomic E-state index is 13.2. The van der Waals surface area contributed by atoms with Crippen LogP contribution in [0.1, 0.15) is 5.56 Å². The van der Waals surface area contributed by atoms with Gasteiger partial charge in [0.05, 0.1) is 10.5 Å². The van der Waals surface area contributed by atoms with Crippen molar-refractivity contribution in [2.24, 2.45) is 0 Å². The molecule has 2 aromatic rings. The molecule has 0 amide bonds. The Labute approximate surface area is 134 Å². The molecule has 1 N–H and O–H groups in total. The largest absolute Gasteiger partial charge is 0.419 e. The van der Waals surface area contributed by atoms with Crippen molar-refractivity contribution in [3.63, 3.8) is 0 Å². The maximum Gasteiger partial charge on any atom is 0.419 e. The standard InChI is InChI=1S/C14H11F4NO2S2/c1-22-10-4-2-3-9(7-10)19-23(20,21)11-5-6-13(15)12(8-11)14(16,17)18/h2-8,19H,1H3. The Morgan fingerprint density at radius 2 is 1.78 bits per heavy atom. The van der Waals surface area contributed by atoms with Crippen LogP contribution in [0.5, 0.6) is 0 Å². The van der Waals surface area contributed by atoms with E-state index in [1.54, 1.807) is 18.4 Å². The summed E-state index contributed by atoms with van der Waals surface area (Å²) in [5.74, 6) is -1.53. The Hall–Kier alpha value is -1.74. The van der Waals surface area contributed by atoms with Gasteiger partial charge in [0.1, 0.15) is 5.82 Å². The van der Waals surface area contributed by atoms with E-state index in [-0.39, 0.29) is 11.8 Å². The van der Waals surface area contributed by atoms with Crippen LogP contribution in [0.3, 0.4) is 0 Å². The lowest BCUT2D eigenvalue weighted by Gasteiger charge is -2.12. The zero-order valence-corrected chi connectivity index (χ0v) is 13.3. The van der Waals surface area contributed by atoms with Crippen LogP contribution in [-0.4, -0.2) is 14.7 Å². The smallest absolute Gasteiger partial charge is 0.280 e. The molecule has 9 heteroatoms. The van der Waals surface area contributed by atoms with Gasteiger partial charge in [-0.15, -0.1) is 11.8 Å². The Morgan fingerprint density at radius 1 is 1.09 bits per heavy atom. The van der Waals surface area contributed by atoms with Gasteiger partial charge in [0.25, 0.3) is 10.0 Å². The number of rotatable bonds is 4. The van der Waals surface area contributed by atoms with Crippen LogP contribution >= 0.6 is 11.8 Å². The molecule has 0 heterocycles. The van der Waals surface area contributed by atoms with E-state index in [1.165, 1.54) is 23.9 Å². The van der Waals surface area contributed by atoms with Crippen LogP contribution in [-0.2, 0) is 16.2 Å². The van der Waals surface area contributed by atoms with Gasteiger partial charge in [0, 0.05) is 10.6 Å². The second kappa shape index (κ2) is 6.40. The summed E-state index contributed by atoms with van der Waals surface area (Å²) in [7, 11) is -4.26. The highest BCUT2D eigenvalue weighted by atomic mass is 32.2. The van der Waals surface area contributed by atoms with Crippen molar-refractivity contribution < 1.29 is 26.0 Å². The number of nitrogens with one attached hydrogen (secondary N) is 1. The lowest BCUT2D eigenvalue weighted by molar-refractivity contribution is -0.140. The summed E-state index contributed by atoms with van der Waals surface area (Å²) in [6, 6.07) is 7.90. The van der Waals surface area contributed by atoms with Gasteiger partial charge in [-0.1, -0.05) is 6.07 Å². The van der Waals surface area contributed by atoms with Crippen LogP contribution in [0.15, 0.2) is 52.3 Å². The van der Waals surface area contributed by atoms with Crippen molar-refractivity contribution in [1.82, 2.24) is 0 Å². The number of hydrogen-bond donors (Lipinski definition) is 1. The molecule has 3 nitrogen and oxygen atoms in total. The summed E-state index contributed by atoms with van der Waals surface area (Å²) in [6.07, 6.45) is -3.18. The zero-order chi connectivity index (χ0) is 17.3. The molecule has 0 atom stereocenters. The van der Waals surface area contributed by atoms with Crippen molar-refractivity contribution in [3.05, 3.63) is 53.8 Å². The van der Waals surface area contributed by atoms with E-state index in [0.717, 1.165) is 11.0 Å². The molecule has 0 fully saturated rings. The van der Waals surface area contributed by atoms with Crippen molar-refractivity contribution in [2.75, 3.05) is 11.0 Å². The number of halogens is 4. The monoisotopic (exact) mass is 365 g/mol. The summed E-state index contributed by atoms with van der Waals surface area (Å²) in [5.41, 5.74) is -1.42. The van der Waals surface area contributed by atoms with Gasteiger partial charge in [-0.25, -0.2) is 12.8 Å². The molecule has 0 bridgehead atoms. The Bertz CT molecular complexity index is 820. The molecule has 0 aliphatic rings. The highest BCUT2D eigenvalue weighted by Crippen LogP contribution is 2.33. The number of hydrogen-bond acceptors (Lipinski definition) is 3. The fourth-order valence-corrected chi connectivity index (χ4v) is 3.32. The number of anilines is 1. The molecular formula is C14H11F4NO2S2. The highest BCUT2D eigenvalue weighted by Gasteiger charge is 2.35. The topological polar surface area (TPSA) is 46.2 Å². The predicted molar refractivity (Wildman–Crippen MR) is 80.4 cm³/mol. The average molecular weight is 365 g/mol. The molecule has 0 aromatic heterocycles. The number of sulfonamides is 1. The molecule has 0 unspecified atom stereocenters. The molecule has 0 aliphatic heterocycles. The second-order valence-electron chi connectivity index (χ2n) is 4.48. The summed E-state index contributed by atoms with van der Waals surface area (Å²) in [5, 5.41) is 0. The van der Waals surface area contributed by atoms with Crippen molar-refractivity contribution in [3.8, 4) is 0 Å². The van der Waals surface area contributed by atoms with Gasteiger partial charge in [-0.2, -0.15) is 13.2 Å². The van der Waals surface area contributed by atoms with E-state index < -0.39 is 32.5 Å². The highest BCUT2D eigenvalue weighted by molar-refractivity contribution is 7.98. The molecule has 2 aromatic carbocycles. The third kappa shape index (κ3) is 4.17. The predicted octanol–water partition coefficient (Wildman–Crippen LogP) is 4.37. The second-order valence-corrected chi connectivity index (χ2v) is 7.04. The fourth-order valence-electron chi connectivity index (χ4n) is 1.79. The Balaban J connectivity index is 2.40. The maximum atomic E-state index is 13.2. The van der Waals surface area contributed by atoms with Crippen LogP contribution in [0.4, 0.5) is 23.2 Å². The van der Waals surface area contributed by atoms with Crippen molar-refractivity contribution in [1.29, 1.82) is 0 Å². The van der Waals surface area contributed by atoms with E-state index in [1.807, 2.05) is 0 Å². The number of alkyl halides is 3. The van der Waals surface area contributed by atoms with E-state index in [0.29, 0.717) is 6.07 Å². The van der Waals surface area contributed by atoms with Gasteiger partial charge >= 0.3 is 6.18 Å². The first kappa shape index (κ1) is 17.6. The number of benzene rings is 2. The van der Waals surface area contributed by atoms with E-state index in [9.17, 15) is 26.0 Å². The first-order valence-corrected chi connectivity index (χ1v) is 8.88. The van der Waals surface area contributed by atoms with Gasteiger partial charge in [-0.3, -0.25) is 4.72 Å². The van der Waals surface area contributed by atoms with Gasteiger partial charge in [0.15, 0.2) is 0 Å². The van der Waals surface area contributed by atoms with Gasteiger partial charge in [0.2, 0.25) is 0 Å². The fraction of sp³-hybridized carbons (Fsp3) is 0.143. The molecule has 124 valence electrons. The van der Waals surface area contributed by atoms with Gasteiger partial charge in [-0.05, 0) is 42.7 Å². The molecule has 0 spiro atoms. The van der Waals surface area contributed by atoms with Crippen LogP contribution in [0, 0.1) is 5.82 Å². The molecule has 23 heavy (non-hydrogen) atoms. The minimum atomic E-state index is -4.98. The quantitative estimate of drug-likeness (QED) is 0.647. The Morgan fingerprint density at radius 3 is 2.39 bits per heavy atom. The minimum absolute atomic E-state index is 0.203. The molecule has 0 saturated carbocycles. The molecular weight excluding hydrogens is 354 g/mol. The molecule has 2 rings (SSSR count). The summed E-state index contributed by atoms with van der Waals surface area (Å²) < 4.78 is 77.8. The third-order valence-electron chi connectivity index (χ3n) is 2.88. The summed E-state index contributed by atoms with van der Waals surface area (Å²) in [4.78, 5) is 0.112. The van der Waals surface area contributed by atoms with Crippen molar-refractivity contribution in [2.45, 2.75) is 16.0 Å².